The van der Waals surface area contributed by atoms with Crippen LogP contribution in [0.3, 0.4) is 0 Å². The highest BCUT2D eigenvalue weighted by molar-refractivity contribution is 6.07. The predicted molar refractivity (Wildman–Crippen MR) is 55.5 cm³/mol. The van der Waals surface area contributed by atoms with E-state index in [1.165, 1.54) is 6.42 Å². The van der Waals surface area contributed by atoms with Gasteiger partial charge in [-0.05, 0) is 32.1 Å². The van der Waals surface area contributed by atoms with Crippen molar-refractivity contribution < 1.29 is 10.0 Å². The molecule has 2 fully saturated rings. The summed E-state index contributed by atoms with van der Waals surface area (Å²) >= 11 is 0. The van der Waals surface area contributed by atoms with Crippen molar-refractivity contribution in [2.75, 3.05) is 0 Å². The Labute approximate surface area is 88.7 Å². The molecule has 4 N–H and O–H groups in total. The highest BCUT2D eigenvalue weighted by Crippen LogP contribution is 2.41. The van der Waals surface area contributed by atoms with E-state index in [2.05, 4.69) is 10.5 Å². The number of oxime groups is 1. The lowest BCUT2D eigenvalue weighted by atomic mass is 9.67. The Balaban J connectivity index is 2.01. The molecule has 0 atom stereocenters. The van der Waals surface area contributed by atoms with E-state index in [-0.39, 0.29) is 11.7 Å². The number of amides is 1. The van der Waals surface area contributed by atoms with Crippen LogP contribution in [0.2, 0.25) is 0 Å². The smallest absolute Gasteiger partial charge is 0.234 e. The third-order valence-corrected chi connectivity index (χ3v) is 3.68. The van der Waals surface area contributed by atoms with E-state index in [0.717, 1.165) is 19.3 Å². The summed E-state index contributed by atoms with van der Waals surface area (Å²) in [4.78, 5) is 12.0. The van der Waals surface area contributed by atoms with Crippen LogP contribution in [0.5, 0.6) is 0 Å². The van der Waals surface area contributed by atoms with Gasteiger partial charge in [-0.15, -0.1) is 0 Å². The summed E-state index contributed by atoms with van der Waals surface area (Å²) in [6.07, 6.45) is 5.65. The van der Waals surface area contributed by atoms with Crippen LogP contribution >= 0.6 is 0 Å². The Morgan fingerprint density at radius 1 is 1.40 bits per heavy atom. The molecule has 2 rings (SSSR count). The minimum Gasteiger partial charge on any atom is -0.409 e. The topological polar surface area (TPSA) is 87.7 Å². The van der Waals surface area contributed by atoms with Gasteiger partial charge < -0.3 is 16.3 Å². The van der Waals surface area contributed by atoms with Gasteiger partial charge in [0.05, 0.1) is 0 Å². The van der Waals surface area contributed by atoms with Crippen molar-refractivity contribution in [3.8, 4) is 0 Å². The van der Waals surface area contributed by atoms with Crippen molar-refractivity contribution in [3.05, 3.63) is 0 Å². The van der Waals surface area contributed by atoms with Crippen LogP contribution in [-0.4, -0.2) is 23.0 Å². The second-order valence-corrected chi connectivity index (χ2v) is 4.52. The van der Waals surface area contributed by atoms with Crippen molar-refractivity contribution in [1.29, 1.82) is 0 Å². The predicted octanol–water partition coefficient (Wildman–Crippen LogP) is 0.572. The lowest BCUT2D eigenvalue weighted by Gasteiger charge is -2.40. The summed E-state index contributed by atoms with van der Waals surface area (Å²) in [6, 6.07) is 0.307. The Morgan fingerprint density at radius 3 is 2.40 bits per heavy atom. The van der Waals surface area contributed by atoms with E-state index in [1.807, 2.05) is 0 Å². The zero-order valence-electron chi connectivity index (χ0n) is 8.70. The SMILES string of the molecule is NC(=NO)C1(C(=O)NC2CCC2)CCC1. The molecule has 2 aliphatic rings. The zero-order chi connectivity index (χ0) is 10.9. The standard InChI is InChI=1S/C10H17N3O2/c11-8(13-15)10(5-2-6-10)9(14)12-7-3-1-4-7/h7,15H,1-6H2,(H2,11,13)(H,12,14). The molecular formula is C10H17N3O2. The molecule has 0 radical (unpaired) electrons. The molecule has 0 spiro atoms. The maximum atomic E-state index is 12.0. The number of nitrogens with one attached hydrogen (secondary N) is 1. The number of hydrogen-bond donors (Lipinski definition) is 3. The Bertz CT molecular complexity index is 293. The molecule has 5 heteroatoms. The minimum absolute atomic E-state index is 0.0607. The first-order valence-electron chi connectivity index (χ1n) is 5.48. The molecule has 1 amide bonds. The summed E-state index contributed by atoms with van der Waals surface area (Å²) in [5.74, 6) is -0.000626. The summed E-state index contributed by atoms with van der Waals surface area (Å²) in [7, 11) is 0. The average molecular weight is 211 g/mol. The number of nitrogens with zero attached hydrogens (tertiary/aromatic N) is 1. The molecule has 0 aromatic rings. The van der Waals surface area contributed by atoms with Crippen LogP contribution < -0.4 is 11.1 Å². The number of amidine groups is 1. The van der Waals surface area contributed by atoms with Crippen molar-refractivity contribution in [2.45, 2.75) is 44.6 Å². The van der Waals surface area contributed by atoms with Gasteiger partial charge in [-0.25, -0.2) is 0 Å². The van der Waals surface area contributed by atoms with Gasteiger partial charge in [-0.3, -0.25) is 4.79 Å². The maximum absolute atomic E-state index is 12.0. The van der Waals surface area contributed by atoms with Crippen molar-refractivity contribution >= 4 is 11.7 Å². The molecule has 0 bridgehead atoms. The van der Waals surface area contributed by atoms with Gasteiger partial charge in [-0.1, -0.05) is 11.6 Å². The first kappa shape index (κ1) is 10.3. The van der Waals surface area contributed by atoms with E-state index < -0.39 is 5.41 Å². The number of rotatable bonds is 3. The summed E-state index contributed by atoms with van der Waals surface area (Å²) < 4.78 is 0. The summed E-state index contributed by atoms with van der Waals surface area (Å²) in [6.45, 7) is 0. The molecule has 0 aliphatic heterocycles. The number of nitrogens with two attached hydrogens (primary N) is 1. The Morgan fingerprint density at radius 2 is 2.07 bits per heavy atom. The molecule has 0 saturated heterocycles. The minimum atomic E-state index is -0.718. The number of hydrogen-bond acceptors (Lipinski definition) is 3. The highest BCUT2D eigenvalue weighted by Gasteiger charge is 2.49. The third-order valence-electron chi connectivity index (χ3n) is 3.68. The van der Waals surface area contributed by atoms with Crippen LogP contribution in [0.15, 0.2) is 5.16 Å². The highest BCUT2D eigenvalue weighted by atomic mass is 16.4. The van der Waals surface area contributed by atoms with Gasteiger partial charge in [0, 0.05) is 6.04 Å². The van der Waals surface area contributed by atoms with Crippen LogP contribution in [0.4, 0.5) is 0 Å². The number of carbonyl (C=O) groups is 1. The molecule has 0 unspecified atom stereocenters. The lowest BCUT2D eigenvalue weighted by Crippen LogP contribution is -2.56. The number of carbonyl (C=O) groups excluding carboxylic acids is 1. The average Bonchev–Trinajstić information content (AvgIpc) is 2.09. The second-order valence-electron chi connectivity index (χ2n) is 4.52. The molecule has 0 aromatic heterocycles. The molecule has 2 aliphatic carbocycles. The van der Waals surface area contributed by atoms with E-state index in [1.54, 1.807) is 0 Å². The molecule has 2 saturated carbocycles. The van der Waals surface area contributed by atoms with Gasteiger partial charge in [-0.2, -0.15) is 0 Å². The molecule has 15 heavy (non-hydrogen) atoms. The van der Waals surface area contributed by atoms with Crippen LogP contribution in [0, 0.1) is 5.41 Å². The fourth-order valence-electron chi connectivity index (χ4n) is 2.10. The molecule has 0 heterocycles. The Kier molecular flexibility index (Phi) is 2.54. The van der Waals surface area contributed by atoms with Crippen molar-refractivity contribution in [1.82, 2.24) is 5.32 Å². The Hall–Kier alpha value is -1.26. The van der Waals surface area contributed by atoms with E-state index in [9.17, 15) is 4.79 Å². The zero-order valence-corrected chi connectivity index (χ0v) is 8.70. The van der Waals surface area contributed by atoms with Crippen molar-refractivity contribution in [3.63, 3.8) is 0 Å². The molecule has 0 aromatic carbocycles. The summed E-state index contributed by atoms with van der Waals surface area (Å²) in [5.41, 5.74) is 4.87. The van der Waals surface area contributed by atoms with Crippen LogP contribution in [0.25, 0.3) is 0 Å². The molecular weight excluding hydrogens is 194 g/mol. The first-order valence-corrected chi connectivity index (χ1v) is 5.48. The second kappa shape index (κ2) is 3.72. The lowest BCUT2D eigenvalue weighted by molar-refractivity contribution is -0.132. The maximum Gasteiger partial charge on any atom is 0.234 e. The van der Waals surface area contributed by atoms with Gasteiger partial charge in [0.1, 0.15) is 5.41 Å². The van der Waals surface area contributed by atoms with E-state index in [4.69, 9.17) is 10.9 Å². The van der Waals surface area contributed by atoms with Gasteiger partial charge in [0.25, 0.3) is 0 Å². The monoisotopic (exact) mass is 211 g/mol. The molecule has 5 nitrogen and oxygen atoms in total. The fraction of sp³-hybridized carbons (Fsp3) is 0.800. The quantitative estimate of drug-likeness (QED) is 0.276. The molecule has 84 valence electrons. The normalized spacial score (nSPS) is 25.2. The summed E-state index contributed by atoms with van der Waals surface area (Å²) in [5, 5.41) is 14.6. The van der Waals surface area contributed by atoms with Gasteiger partial charge in [0.2, 0.25) is 5.91 Å². The van der Waals surface area contributed by atoms with E-state index in [0.29, 0.717) is 18.9 Å². The first-order chi connectivity index (χ1) is 7.19. The van der Waals surface area contributed by atoms with Gasteiger partial charge >= 0.3 is 0 Å². The van der Waals surface area contributed by atoms with Crippen molar-refractivity contribution in [2.24, 2.45) is 16.3 Å². The van der Waals surface area contributed by atoms with Crippen LogP contribution in [0.1, 0.15) is 38.5 Å². The van der Waals surface area contributed by atoms with Gasteiger partial charge in [0.15, 0.2) is 5.84 Å². The third kappa shape index (κ3) is 1.56. The fourth-order valence-corrected chi connectivity index (χ4v) is 2.10. The van der Waals surface area contributed by atoms with E-state index >= 15 is 0 Å². The largest absolute Gasteiger partial charge is 0.409 e. The van der Waals surface area contributed by atoms with Crippen LogP contribution in [-0.2, 0) is 4.79 Å².